The van der Waals surface area contributed by atoms with Crippen molar-refractivity contribution in [1.82, 2.24) is 9.13 Å². The fourth-order valence-corrected chi connectivity index (χ4v) is 10.9. The first-order valence-corrected chi connectivity index (χ1v) is 22.2. The fourth-order valence-electron chi connectivity index (χ4n) is 10.9. The van der Waals surface area contributed by atoms with Gasteiger partial charge in [-0.25, -0.2) is 0 Å². The van der Waals surface area contributed by atoms with E-state index in [0.717, 1.165) is 0 Å². The highest BCUT2D eigenvalue weighted by Crippen LogP contribution is 2.43. The highest BCUT2D eigenvalue weighted by atomic mass is 15.0. The molecule has 0 aliphatic rings. The van der Waals surface area contributed by atoms with Gasteiger partial charge in [-0.05, 0) is 149 Å². The average molecular weight is 811 g/mol. The molecule has 0 saturated carbocycles. The van der Waals surface area contributed by atoms with Crippen LogP contribution in [-0.4, -0.2) is 9.13 Å². The van der Waals surface area contributed by atoms with Crippen molar-refractivity contribution in [3.8, 4) is 33.6 Å². The van der Waals surface area contributed by atoms with Crippen molar-refractivity contribution in [3.63, 3.8) is 0 Å². The molecule has 2 nitrogen and oxygen atoms in total. The van der Waals surface area contributed by atoms with Gasteiger partial charge in [-0.15, -0.1) is 0 Å². The van der Waals surface area contributed by atoms with Crippen molar-refractivity contribution in [3.05, 3.63) is 231 Å². The Morgan fingerprint density at radius 2 is 0.531 bits per heavy atom. The second-order valence-electron chi connectivity index (χ2n) is 17.3. The van der Waals surface area contributed by atoms with Crippen LogP contribution in [0.3, 0.4) is 0 Å². The van der Waals surface area contributed by atoms with Crippen LogP contribution in [0, 0.1) is 0 Å². The molecule has 0 amide bonds. The van der Waals surface area contributed by atoms with Gasteiger partial charge < -0.3 is 9.13 Å². The van der Waals surface area contributed by atoms with E-state index in [1.165, 1.54) is 131 Å². The molecule has 0 radical (unpaired) electrons. The number of benzene rings is 12. The van der Waals surface area contributed by atoms with Crippen LogP contribution in [0.1, 0.15) is 0 Å². The van der Waals surface area contributed by atoms with Gasteiger partial charge in [0.15, 0.2) is 0 Å². The third-order valence-electron chi connectivity index (χ3n) is 13.8. The molecule has 0 fully saturated rings. The Balaban J connectivity index is 0.907. The predicted octanol–water partition coefficient (Wildman–Crippen LogP) is 17.0. The monoisotopic (exact) mass is 810 g/mol. The summed E-state index contributed by atoms with van der Waals surface area (Å²) in [5.41, 5.74) is 12.2. The minimum atomic E-state index is 1.17. The van der Waals surface area contributed by atoms with Crippen LogP contribution in [0.15, 0.2) is 231 Å². The lowest BCUT2D eigenvalue weighted by molar-refractivity contribution is 1.19. The van der Waals surface area contributed by atoms with Crippen LogP contribution in [0.5, 0.6) is 0 Å². The van der Waals surface area contributed by atoms with E-state index >= 15 is 0 Å². The molecule has 2 heterocycles. The summed E-state index contributed by atoms with van der Waals surface area (Å²) in [5.74, 6) is 0. The number of rotatable bonds is 4. The fraction of sp³-hybridized carbons (Fsp3) is 0. The maximum Gasteiger partial charge on any atom is 0.0541 e. The zero-order chi connectivity index (χ0) is 41.9. The molecule has 0 spiro atoms. The van der Waals surface area contributed by atoms with E-state index in [-0.39, 0.29) is 0 Å². The number of aromatic nitrogens is 2. The zero-order valence-electron chi connectivity index (χ0n) is 34.8. The molecule has 14 aromatic rings. The molecule has 0 N–H and O–H groups in total. The lowest BCUT2D eigenvalue weighted by atomic mass is 9.87. The first kappa shape index (κ1) is 35.2. The molecule has 0 saturated heterocycles. The van der Waals surface area contributed by atoms with Gasteiger partial charge in [-0.2, -0.15) is 0 Å². The van der Waals surface area contributed by atoms with Crippen LogP contribution in [0.25, 0.3) is 131 Å². The summed E-state index contributed by atoms with van der Waals surface area (Å²) in [6.07, 6.45) is 0. The quantitative estimate of drug-likeness (QED) is 0.157. The maximum atomic E-state index is 2.43. The molecule has 0 unspecified atom stereocenters. The lowest BCUT2D eigenvalue weighted by Crippen LogP contribution is -1.94. The molecule has 12 aromatic carbocycles. The van der Waals surface area contributed by atoms with Crippen molar-refractivity contribution in [2.45, 2.75) is 0 Å². The van der Waals surface area contributed by atoms with E-state index in [1.807, 2.05) is 0 Å². The summed E-state index contributed by atoms with van der Waals surface area (Å²) >= 11 is 0. The van der Waals surface area contributed by atoms with Crippen molar-refractivity contribution < 1.29 is 0 Å². The molecule has 2 heteroatoms. The summed E-state index contributed by atoms with van der Waals surface area (Å²) in [4.78, 5) is 0. The molecular weight excluding hydrogens is 773 g/mol. The standard InChI is InChI=1S/C62H38N2/c1-3-19-54-48(13-1)56(43-27-25-41-35-46(31-29-39(41)33-43)63-58-21-9-5-15-50(58)51-16-6-10-22-59(51)63)37-45-38-57(49-14-2-4-20-55(49)62(45)54)44-28-26-42-36-47(32-30-40(42)34-44)64-60-23-11-7-17-52(60)53-18-8-12-24-61(53)64/h1-38H. The molecule has 0 aliphatic heterocycles. The summed E-state index contributed by atoms with van der Waals surface area (Å²) in [6.45, 7) is 0. The molecule has 0 atom stereocenters. The number of hydrogen-bond donors (Lipinski definition) is 0. The predicted molar refractivity (Wildman–Crippen MR) is 274 cm³/mol. The molecule has 296 valence electrons. The van der Waals surface area contributed by atoms with E-state index in [0.29, 0.717) is 0 Å². The molecule has 0 aliphatic carbocycles. The zero-order valence-corrected chi connectivity index (χ0v) is 34.8. The van der Waals surface area contributed by atoms with E-state index in [1.54, 1.807) is 0 Å². The average Bonchev–Trinajstić information content (AvgIpc) is 3.88. The highest BCUT2D eigenvalue weighted by Gasteiger charge is 2.17. The largest absolute Gasteiger partial charge is 0.309 e. The van der Waals surface area contributed by atoms with Crippen molar-refractivity contribution in [2.75, 3.05) is 0 Å². The van der Waals surface area contributed by atoms with Crippen LogP contribution in [0.2, 0.25) is 0 Å². The summed E-state index contributed by atoms with van der Waals surface area (Å²) in [7, 11) is 0. The topological polar surface area (TPSA) is 9.86 Å². The summed E-state index contributed by atoms with van der Waals surface area (Å²) < 4.78 is 4.80. The normalized spacial score (nSPS) is 12.1. The Kier molecular flexibility index (Phi) is 7.43. The molecular formula is C62H38N2. The summed E-state index contributed by atoms with van der Waals surface area (Å²) in [6, 6.07) is 85.4. The van der Waals surface area contributed by atoms with E-state index < -0.39 is 0 Å². The van der Waals surface area contributed by atoms with Crippen molar-refractivity contribution in [2.24, 2.45) is 0 Å². The lowest BCUT2D eigenvalue weighted by Gasteiger charge is -2.17. The van der Waals surface area contributed by atoms with Gasteiger partial charge in [0.2, 0.25) is 0 Å². The van der Waals surface area contributed by atoms with Crippen LogP contribution in [-0.2, 0) is 0 Å². The second kappa shape index (κ2) is 13.5. The molecule has 14 rings (SSSR count). The molecule has 2 aromatic heterocycles. The third kappa shape index (κ3) is 5.14. The highest BCUT2D eigenvalue weighted by molar-refractivity contribution is 6.26. The maximum absolute atomic E-state index is 2.43. The molecule has 0 bridgehead atoms. The van der Waals surface area contributed by atoms with Gasteiger partial charge in [-0.3, -0.25) is 0 Å². The van der Waals surface area contributed by atoms with Gasteiger partial charge in [0.1, 0.15) is 0 Å². The Bertz CT molecular complexity index is 3880. The van der Waals surface area contributed by atoms with E-state index in [4.69, 9.17) is 0 Å². The number of hydrogen-bond acceptors (Lipinski definition) is 0. The summed E-state index contributed by atoms with van der Waals surface area (Å²) in [5, 5.41) is 17.6. The van der Waals surface area contributed by atoms with E-state index in [9.17, 15) is 0 Å². The Labute approximate surface area is 369 Å². The van der Waals surface area contributed by atoms with Gasteiger partial charge in [0.25, 0.3) is 0 Å². The van der Waals surface area contributed by atoms with Gasteiger partial charge in [0, 0.05) is 32.9 Å². The first-order valence-electron chi connectivity index (χ1n) is 22.2. The van der Waals surface area contributed by atoms with Crippen molar-refractivity contribution >= 4 is 97.5 Å². The van der Waals surface area contributed by atoms with Crippen molar-refractivity contribution in [1.29, 1.82) is 0 Å². The minimum Gasteiger partial charge on any atom is -0.309 e. The second-order valence-corrected chi connectivity index (χ2v) is 17.3. The Morgan fingerprint density at radius 3 is 0.922 bits per heavy atom. The number of fused-ring (bicyclic) bond motifs is 13. The van der Waals surface area contributed by atoms with Crippen LogP contribution >= 0.6 is 0 Å². The minimum absolute atomic E-state index is 1.17. The molecule has 64 heavy (non-hydrogen) atoms. The Hall–Kier alpha value is -8.46. The Morgan fingerprint density at radius 1 is 0.219 bits per heavy atom. The van der Waals surface area contributed by atoms with Gasteiger partial charge in [-0.1, -0.05) is 158 Å². The van der Waals surface area contributed by atoms with Crippen LogP contribution < -0.4 is 0 Å². The smallest absolute Gasteiger partial charge is 0.0541 e. The number of para-hydroxylation sites is 4. The number of nitrogens with zero attached hydrogens (tertiary/aromatic N) is 2. The first-order chi connectivity index (χ1) is 31.7. The SMILES string of the molecule is c1ccc2c(c1)c(-c1ccc3cc(-n4c5ccccc5c5ccccc54)ccc3c1)cc1cc(-c3ccc4cc(-n5c6ccccc6c6ccccc65)ccc4c3)c3ccccc3c12. The van der Waals surface area contributed by atoms with Crippen LogP contribution in [0.4, 0.5) is 0 Å². The third-order valence-corrected chi connectivity index (χ3v) is 13.8. The van der Waals surface area contributed by atoms with Gasteiger partial charge in [0.05, 0.1) is 22.1 Å². The van der Waals surface area contributed by atoms with Gasteiger partial charge >= 0.3 is 0 Å². The van der Waals surface area contributed by atoms with E-state index in [2.05, 4.69) is 240 Å².